The molecule has 0 fully saturated rings. The molecule has 0 radical (unpaired) electrons. The molecular formula is C18H19NO4S. The maximum absolute atomic E-state index is 12.8. The second-order valence-electron chi connectivity index (χ2n) is 6.10. The minimum atomic E-state index is -3.41. The van der Waals surface area contributed by atoms with Gasteiger partial charge in [0.05, 0.1) is 10.8 Å². The molecule has 2 aromatic rings. The Morgan fingerprint density at radius 3 is 2.12 bits per heavy atom. The normalized spacial score (nSPS) is 14.8. The lowest BCUT2D eigenvalue weighted by molar-refractivity contribution is 0.0697. The highest BCUT2D eigenvalue weighted by Crippen LogP contribution is 2.28. The van der Waals surface area contributed by atoms with Crippen LogP contribution in [0.5, 0.6) is 0 Å². The van der Waals surface area contributed by atoms with Gasteiger partial charge in [-0.3, -0.25) is 0 Å². The summed E-state index contributed by atoms with van der Waals surface area (Å²) in [6.07, 6.45) is 1.08. The van der Waals surface area contributed by atoms with E-state index in [1.807, 2.05) is 24.3 Å². The highest BCUT2D eigenvalue weighted by molar-refractivity contribution is 7.89. The van der Waals surface area contributed by atoms with Gasteiger partial charge in [-0.15, -0.1) is 0 Å². The lowest BCUT2D eigenvalue weighted by Gasteiger charge is -2.21. The van der Waals surface area contributed by atoms with Gasteiger partial charge in [-0.25, -0.2) is 17.5 Å². The molecule has 126 valence electrons. The summed E-state index contributed by atoms with van der Waals surface area (Å²) in [5, 5.41) is 8.48. The Morgan fingerprint density at radius 1 is 1.08 bits per heavy atom. The van der Waals surface area contributed by atoms with Crippen molar-refractivity contribution in [1.29, 1.82) is 0 Å². The molecule has 2 aromatic carbocycles. The van der Waals surface area contributed by atoms with E-state index < -0.39 is 21.2 Å². The van der Waals surface area contributed by atoms with Gasteiger partial charge in [-0.2, -0.15) is 0 Å². The third-order valence-electron chi connectivity index (χ3n) is 4.48. The number of carboxylic acids is 1. The average Bonchev–Trinajstić information content (AvgIpc) is 3.00. The van der Waals surface area contributed by atoms with Crippen LogP contribution < -0.4 is 0 Å². The molecule has 3 rings (SSSR count). The summed E-state index contributed by atoms with van der Waals surface area (Å²) in [4.78, 5) is 10.9. The van der Waals surface area contributed by atoms with Gasteiger partial charge >= 0.3 is 5.97 Å². The van der Waals surface area contributed by atoms with E-state index in [2.05, 4.69) is 0 Å². The van der Waals surface area contributed by atoms with Gasteiger partial charge in [0, 0.05) is 13.6 Å². The molecule has 24 heavy (non-hydrogen) atoms. The van der Waals surface area contributed by atoms with Crippen LogP contribution in [0.4, 0.5) is 0 Å². The monoisotopic (exact) mass is 345 g/mol. The van der Waals surface area contributed by atoms with Crippen LogP contribution in [0.1, 0.15) is 27.0 Å². The molecule has 1 aliphatic rings. The van der Waals surface area contributed by atoms with E-state index in [1.54, 1.807) is 19.2 Å². The maximum atomic E-state index is 12.8. The molecule has 0 aliphatic heterocycles. The number of hydrogen-bond acceptors (Lipinski definition) is 3. The average molecular weight is 345 g/mol. The SMILES string of the molecule is CN(Cc1ccc(C(=O)O)cc1)S(=O)(=O)C1Cc2ccccc2C1. The summed E-state index contributed by atoms with van der Waals surface area (Å²) in [5.74, 6) is -0.994. The van der Waals surface area contributed by atoms with Gasteiger partial charge in [0.2, 0.25) is 10.0 Å². The van der Waals surface area contributed by atoms with Crippen LogP contribution >= 0.6 is 0 Å². The van der Waals surface area contributed by atoms with E-state index in [0.29, 0.717) is 12.8 Å². The molecule has 6 heteroatoms. The van der Waals surface area contributed by atoms with E-state index >= 15 is 0 Å². The predicted molar refractivity (Wildman–Crippen MR) is 91.4 cm³/mol. The molecule has 0 atom stereocenters. The van der Waals surface area contributed by atoms with Crippen molar-refractivity contribution in [3.8, 4) is 0 Å². The molecule has 0 saturated heterocycles. The van der Waals surface area contributed by atoms with Crippen LogP contribution in [0, 0.1) is 0 Å². The van der Waals surface area contributed by atoms with Crippen LogP contribution in [0.25, 0.3) is 0 Å². The molecule has 0 saturated carbocycles. The first-order valence-corrected chi connectivity index (χ1v) is 9.22. The van der Waals surface area contributed by atoms with Crippen molar-refractivity contribution >= 4 is 16.0 Å². The van der Waals surface area contributed by atoms with E-state index in [9.17, 15) is 13.2 Å². The fourth-order valence-corrected chi connectivity index (χ4v) is 4.70. The number of fused-ring (bicyclic) bond motifs is 1. The highest BCUT2D eigenvalue weighted by atomic mass is 32.2. The summed E-state index contributed by atoms with van der Waals surface area (Å²) in [6, 6.07) is 14.1. The van der Waals surface area contributed by atoms with E-state index in [1.165, 1.54) is 16.4 Å². The minimum Gasteiger partial charge on any atom is -0.478 e. The number of benzene rings is 2. The largest absolute Gasteiger partial charge is 0.478 e. The Kier molecular flexibility index (Phi) is 4.43. The second kappa shape index (κ2) is 6.37. The van der Waals surface area contributed by atoms with Crippen LogP contribution in [-0.2, 0) is 29.4 Å². The number of nitrogens with zero attached hydrogens (tertiary/aromatic N) is 1. The van der Waals surface area contributed by atoms with Crippen molar-refractivity contribution in [2.45, 2.75) is 24.6 Å². The summed E-state index contributed by atoms with van der Waals surface area (Å²) in [5.41, 5.74) is 3.16. The lowest BCUT2D eigenvalue weighted by atomic mass is 10.1. The van der Waals surface area contributed by atoms with Crippen LogP contribution in [-0.4, -0.2) is 36.1 Å². The fraction of sp³-hybridized carbons (Fsp3) is 0.278. The number of sulfonamides is 1. The zero-order valence-corrected chi connectivity index (χ0v) is 14.2. The number of carboxylic acid groups (broad SMARTS) is 1. The van der Waals surface area contributed by atoms with Gasteiger partial charge < -0.3 is 5.11 Å². The number of carbonyl (C=O) groups is 1. The Balaban J connectivity index is 1.72. The Morgan fingerprint density at radius 2 is 1.62 bits per heavy atom. The number of hydrogen-bond donors (Lipinski definition) is 1. The zero-order chi connectivity index (χ0) is 17.3. The van der Waals surface area contributed by atoms with Gasteiger partial charge in [-0.05, 0) is 41.7 Å². The summed E-state index contributed by atoms with van der Waals surface area (Å²) in [6.45, 7) is 0.231. The van der Waals surface area contributed by atoms with Gasteiger partial charge in [-0.1, -0.05) is 36.4 Å². The van der Waals surface area contributed by atoms with Crippen molar-refractivity contribution in [1.82, 2.24) is 4.31 Å². The maximum Gasteiger partial charge on any atom is 0.335 e. The minimum absolute atomic E-state index is 0.190. The Labute approximate surface area is 141 Å². The van der Waals surface area contributed by atoms with Gasteiger partial charge in [0.1, 0.15) is 0 Å². The predicted octanol–water partition coefficient (Wildman–Crippen LogP) is 2.31. The summed E-state index contributed by atoms with van der Waals surface area (Å²) < 4.78 is 27.0. The van der Waals surface area contributed by atoms with E-state index in [-0.39, 0.29) is 12.1 Å². The Bertz CT molecular complexity index is 834. The van der Waals surface area contributed by atoms with Crippen LogP contribution in [0.15, 0.2) is 48.5 Å². The van der Waals surface area contributed by atoms with Gasteiger partial charge in [0.25, 0.3) is 0 Å². The third-order valence-corrected chi connectivity index (χ3v) is 6.65. The van der Waals surface area contributed by atoms with Crippen molar-refractivity contribution in [3.05, 3.63) is 70.8 Å². The van der Waals surface area contributed by atoms with Crippen LogP contribution in [0.2, 0.25) is 0 Å². The Hall–Kier alpha value is -2.18. The van der Waals surface area contributed by atoms with Gasteiger partial charge in [0.15, 0.2) is 0 Å². The molecule has 0 unspecified atom stereocenters. The molecule has 0 spiro atoms. The first kappa shape index (κ1) is 16.7. The van der Waals surface area contributed by atoms with Crippen molar-refractivity contribution in [3.63, 3.8) is 0 Å². The standard InChI is InChI=1S/C18H19NO4S/c1-19(12-13-6-8-14(9-7-13)18(20)21)24(22,23)17-10-15-4-2-3-5-16(15)11-17/h2-9,17H,10-12H2,1H3,(H,20,21). The molecule has 0 aromatic heterocycles. The quantitative estimate of drug-likeness (QED) is 0.902. The number of aromatic carboxylic acids is 1. The molecular weight excluding hydrogens is 326 g/mol. The number of rotatable bonds is 5. The first-order valence-electron chi connectivity index (χ1n) is 7.72. The molecule has 0 amide bonds. The first-order chi connectivity index (χ1) is 11.4. The summed E-state index contributed by atoms with van der Waals surface area (Å²) in [7, 11) is -1.84. The smallest absolute Gasteiger partial charge is 0.335 e. The van der Waals surface area contributed by atoms with Crippen molar-refractivity contribution in [2.24, 2.45) is 0 Å². The zero-order valence-electron chi connectivity index (χ0n) is 13.3. The lowest BCUT2D eigenvalue weighted by Crippen LogP contribution is -2.36. The van der Waals surface area contributed by atoms with E-state index in [4.69, 9.17) is 5.11 Å². The van der Waals surface area contributed by atoms with Crippen LogP contribution in [0.3, 0.4) is 0 Å². The second-order valence-corrected chi connectivity index (χ2v) is 8.42. The third kappa shape index (κ3) is 3.20. The van der Waals surface area contributed by atoms with Crippen molar-refractivity contribution in [2.75, 3.05) is 7.05 Å². The topological polar surface area (TPSA) is 74.7 Å². The highest BCUT2D eigenvalue weighted by Gasteiger charge is 2.34. The summed E-state index contributed by atoms with van der Waals surface area (Å²) >= 11 is 0. The molecule has 1 aliphatic carbocycles. The molecule has 0 heterocycles. The van der Waals surface area contributed by atoms with Crippen molar-refractivity contribution < 1.29 is 18.3 Å². The molecule has 1 N–H and O–H groups in total. The molecule has 0 bridgehead atoms. The van der Waals surface area contributed by atoms with E-state index in [0.717, 1.165) is 16.7 Å². The fourth-order valence-electron chi connectivity index (χ4n) is 3.08. The molecule has 5 nitrogen and oxygen atoms in total.